The average molecular weight is 446 g/mol. The summed E-state index contributed by atoms with van der Waals surface area (Å²) in [6, 6.07) is 17.9. The van der Waals surface area contributed by atoms with Crippen LogP contribution in [0.1, 0.15) is 24.5 Å². The Hall–Kier alpha value is -3.16. The summed E-state index contributed by atoms with van der Waals surface area (Å²) in [6.07, 6.45) is 5.37. The second-order valence-corrected chi connectivity index (χ2v) is 8.89. The molecular weight excluding hydrogens is 414 g/mol. The minimum absolute atomic E-state index is 0.111. The molecule has 3 aliphatic heterocycles. The molecule has 0 aromatic heterocycles. The van der Waals surface area contributed by atoms with Crippen molar-refractivity contribution < 1.29 is 9.59 Å². The maximum atomic E-state index is 13.5. The largest absolute Gasteiger partial charge is 0.343 e. The normalized spacial score (nSPS) is 25.6. The number of nitrogens with zero attached hydrogens (tertiary/aromatic N) is 4. The number of benzene rings is 2. The van der Waals surface area contributed by atoms with Crippen molar-refractivity contribution in [3.63, 3.8) is 0 Å². The molecule has 3 heterocycles. The zero-order valence-corrected chi connectivity index (χ0v) is 19.2. The van der Waals surface area contributed by atoms with Crippen molar-refractivity contribution >= 4 is 23.7 Å². The van der Waals surface area contributed by atoms with Crippen LogP contribution in [-0.4, -0.2) is 71.8 Å². The molecule has 33 heavy (non-hydrogen) atoms. The number of hydrogen-bond acceptors (Lipinski definition) is 5. The van der Waals surface area contributed by atoms with Crippen LogP contribution in [0, 0.1) is 0 Å². The highest BCUT2D eigenvalue weighted by atomic mass is 16.2. The number of aryl methyl sites for hydroxylation is 1. The molecule has 7 heteroatoms. The third kappa shape index (κ3) is 3.92. The van der Waals surface area contributed by atoms with E-state index in [1.54, 1.807) is 11.9 Å². The van der Waals surface area contributed by atoms with Gasteiger partial charge in [0.2, 0.25) is 0 Å². The van der Waals surface area contributed by atoms with Crippen LogP contribution in [0.2, 0.25) is 0 Å². The number of nitrogens with one attached hydrogen (secondary N) is 1. The van der Waals surface area contributed by atoms with Crippen molar-refractivity contribution in [1.82, 2.24) is 20.0 Å². The van der Waals surface area contributed by atoms with Gasteiger partial charge in [0.05, 0.1) is 0 Å². The fraction of sp³-hybridized carbons (Fsp3) is 0.385. The minimum Gasteiger partial charge on any atom is -0.343 e. The van der Waals surface area contributed by atoms with Crippen molar-refractivity contribution in [2.45, 2.75) is 38.3 Å². The smallest absolute Gasteiger partial charge is 0.328 e. The lowest BCUT2D eigenvalue weighted by Crippen LogP contribution is -2.66. The Morgan fingerprint density at radius 3 is 2.52 bits per heavy atom. The Morgan fingerprint density at radius 2 is 1.79 bits per heavy atom. The fourth-order valence-electron chi connectivity index (χ4n) is 5.13. The molecule has 3 aliphatic rings. The number of anilines is 1. The number of rotatable bonds is 5. The molecule has 0 radical (unpaired) electrons. The lowest BCUT2D eigenvalue weighted by atomic mass is 10.1. The lowest BCUT2D eigenvalue weighted by molar-refractivity contribution is -0.138. The van der Waals surface area contributed by atoms with Crippen molar-refractivity contribution in [2.24, 2.45) is 0 Å². The van der Waals surface area contributed by atoms with Crippen LogP contribution < -0.4 is 10.2 Å². The molecule has 3 amide bonds. The third-order valence-corrected chi connectivity index (χ3v) is 6.94. The van der Waals surface area contributed by atoms with Gasteiger partial charge >= 0.3 is 6.03 Å². The molecule has 5 rings (SSSR count). The molecule has 3 atom stereocenters. The third-order valence-electron chi connectivity index (χ3n) is 6.94. The first-order valence-electron chi connectivity index (χ1n) is 11.8. The molecular formula is C26H31N5O2. The maximum absolute atomic E-state index is 13.5. The Labute approximate surface area is 195 Å². The summed E-state index contributed by atoms with van der Waals surface area (Å²) >= 11 is 0. The second-order valence-electron chi connectivity index (χ2n) is 8.89. The molecule has 3 unspecified atom stereocenters. The van der Waals surface area contributed by atoms with Gasteiger partial charge in [-0.25, -0.2) is 4.79 Å². The quantitative estimate of drug-likeness (QED) is 0.767. The molecule has 0 spiro atoms. The van der Waals surface area contributed by atoms with Crippen LogP contribution >= 0.6 is 0 Å². The Morgan fingerprint density at radius 1 is 1.03 bits per heavy atom. The van der Waals surface area contributed by atoms with Crippen LogP contribution in [0.5, 0.6) is 0 Å². The van der Waals surface area contributed by atoms with Gasteiger partial charge in [-0.05, 0) is 36.1 Å². The number of likely N-dealkylation sites (N-methyl/N-ethyl adjacent to an activating group) is 1. The molecule has 2 aromatic rings. The van der Waals surface area contributed by atoms with E-state index in [0.29, 0.717) is 0 Å². The predicted molar refractivity (Wildman–Crippen MR) is 129 cm³/mol. The van der Waals surface area contributed by atoms with E-state index in [1.165, 1.54) is 10.5 Å². The summed E-state index contributed by atoms with van der Waals surface area (Å²) in [5.41, 5.74) is 3.49. The molecule has 0 saturated carbocycles. The van der Waals surface area contributed by atoms with Crippen LogP contribution in [0.25, 0.3) is 6.08 Å². The number of carbonyl (C=O) groups excluding carboxylic acids is 2. The fourth-order valence-corrected chi connectivity index (χ4v) is 5.13. The number of amides is 3. The number of fused-ring (bicyclic) bond motifs is 3. The predicted octanol–water partition coefficient (Wildman–Crippen LogP) is 2.95. The SMILES string of the molecule is CCc1ccc(N2CCCN3C4C(=O)N(C/C=C/c5ccccc5)C(=O)N(C)C4NC23)cc1. The van der Waals surface area contributed by atoms with Crippen molar-refractivity contribution in [2.75, 3.05) is 31.6 Å². The Balaban J connectivity index is 1.36. The standard InChI is InChI=1S/C26H31N5O2/c1-3-19-12-14-21(15-13-19)29-17-8-18-30-22-23(27-25(29)30)28(2)26(33)31(24(22)32)16-7-11-20-9-5-4-6-10-20/h4-7,9-15,22-23,25,27H,3,8,16-18H2,1-2H3/b11-7+. The first-order valence-corrected chi connectivity index (χ1v) is 11.8. The minimum atomic E-state index is -0.388. The molecule has 172 valence electrons. The average Bonchev–Trinajstić information content (AvgIpc) is 3.26. The van der Waals surface area contributed by atoms with Gasteiger partial charge in [-0.1, -0.05) is 61.5 Å². The summed E-state index contributed by atoms with van der Waals surface area (Å²) in [5, 5.41) is 3.58. The topological polar surface area (TPSA) is 59.1 Å². The van der Waals surface area contributed by atoms with Crippen molar-refractivity contribution in [3.8, 4) is 0 Å². The summed E-state index contributed by atoms with van der Waals surface area (Å²) in [5.74, 6) is -0.126. The van der Waals surface area contributed by atoms with Crippen LogP contribution in [-0.2, 0) is 11.2 Å². The first-order chi connectivity index (χ1) is 16.1. The van der Waals surface area contributed by atoms with Gasteiger partial charge < -0.3 is 9.80 Å². The number of imide groups is 1. The van der Waals surface area contributed by atoms with Gasteiger partial charge in [-0.3, -0.25) is 19.9 Å². The van der Waals surface area contributed by atoms with Gasteiger partial charge in [-0.15, -0.1) is 0 Å². The maximum Gasteiger partial charge on any atom is 0.328 e. The van der Waals surface area contributed by atoms with Gasteiger partial charge in [0, 0.05) is 32.4 Å². The summed E-state index contributed by atoms with van der Waals surface area (Å²) < 4.78 is 0. The molecule has 2 aromatic carbocycles. The van der Waals surface area contributed by atoms with Gasteiger partial charge in [0.25, 0.3) is 5.91 Å². The van der Waals surface area contributed by atoms with Gasteiger partial charge in [0.1, 0.15) is 18.5 Å². The molecule has 1 N–H and O–H groups in total. The second kappa shape index (κ2) is 9.00. The molecule has 0 aliphatic carbocycles. The summed E-state index contributed by atoms with van der Waals surface area (Å²) in [6.45, 7) is 4.15. The van der Waals surface area contributed by atoms with Crippen molar-refractivity contribution in [3.05, 3.63) is 71.8 Å². The van der Waals surface area contributed by atoms with Gasteiger partial charge in [0.15, 0.2) is 0 Å². The summed E-state index contributed by atoms with van der Waals surface area (Å²) in [4.78, 5) is 34.2. The molecule has 3 fully saturated rings. The summed E-state index contributed by atoms with van der Waals surface area (Å²) in [7, 11) is 1.78. The molecule has 7 nitrogen and oxygen atoms in total. The highest BCUT2D eigenvalue weighted by molar-refractivity contribution is 6.00. The lowest BCUT2D eigenvalue weighted by Gasteiger charge is -2.43. The Kier molecular flexibility index (Phi) is 5.91. The van der Waals surface area contributed by atoms with Crippen molar-refractivity contribution in [1.29, 1.82) is 0 Å². The molecule has 3 saturated heterocycles. The van der Waals surface area contributed by atoms with E-state index in [2.05, 4.69) is 46.3 Å². The van der Waals surface area contributed by atoms with Crippen LogP contribution in [0.3, 0.4) is 0 Å². The van der Waals surface area contributed by atoms with Crippen LogP contribution in [0.15, 0.2) is 60.7 Å². The monoisotopic (exact) mass is 445 g/mol. The highest BCUT2D eigenvalue weighted by Crippen LogP contribution is 2.33. The van der Waals surface area contributed by atoms with E-state index in [0.717, 1.165) is 37.2 Å². The first kappa shape index (κ1) is 21.7. The molecule has 0 bridgehead atoms. The van der Waals surface area contributed by atoms with E-state index in [4.69, 9.17) is 0 Å². The van der Waals surface area contributed by atoms with E-state index in [1.807, 2.05) is 42.5 Å². The number of hydrogen-bond donors (Lipinski definition) is 1. The zero-order chi connectivity index (χ0) is 22.9. The van der Waals surface area contributed by atoms with E-state index in [9.17, 15) is 9.59 Å². The van der Waals surface area contributed by atoms with E-state index < -0.39 is 0 Å². The number of carbonyl (C=O) groups is 2. The number of urea groups is 1. The van der Waals surface area contributed by atoms with E-state index in [-0.39, 0.29) is 37.0 Å². The Bertz CT molecular complexity index is 1040. The van der Waals surface area contributed by atoms with Crippen LogP contribution in [0.4, 0.5) is 10.5 Å². The highest BCUT2D eigenvalue weighted by Gasteiger charge is 2.55. The zero-order valence-electron chi connectivity index (χ0n) is 19.2. The van der Waals surface area contributed by atoms with Gasteiger partial charge in [-0.2, -0.15) is 0 Å². The van der Waals surface area contributed by atoms with E-state index >= 15 is 0 Å².